The van der Waals surface area contributed by atoms with Crippen molar-refractivity contribution >= 4 is 11.5 Å². The van der Waals surface area contributed by atoms with Crippen molar-refractivity contribution in [1.29, 1.82) is 0 Å². The number of nitrogens with one attached hydrogen (secondary N) is 1. The molecule has 1 aromatic heterocycles. The average molecular weight is 447 g/mol. The highest BCUT2D eigenvalue weighted by atomic mass is 19.4. The zero-order valence-corrected chi connectivity index (χ0v) is 16.8. The third-order valence-corrected chi connectivity index (χ3v) is 5.05. The minimum Gasteiger partial charge on any atom is -0.497 e. The van der Waals surface area contributed by atoms with E-state index in [2.05, 4.69) is 26.1 Å². The van der Waals surface area contributed by atoms with E-state index in [0.29, 0.717) is 13.0 Å². The molecule has 1 N–H and O–H groups in total. The molecule has 0 spiro atoms. The van der Waals surface area contributed by atoms with E-state index >= 15 is 0 Å². The minimum atomic E-state index is -4.83. The third-order valence-electron chi connectivity index (χ3n) is 5.05. The van der Waals surface area contributed by atoms with Crippen molar-refractivity contribution in [3.05, 3.63) is 70.9 Å². The molecular weight excluding hydrogens is 430 g/mol. The number of benzene rings is 2. The molecule has 0 saturated heterocycles. The molecule has 0 atom stereocenters. The molecule has 1 aliphatic rings. The maximum Gasteiger partial charge on any atom is 0.471 e. The number of fused-ring (bicyclic) bond motifs is 1. The van der Waals surface area contributed by atoms with E-state index in [4.69, 9.17) is 4.74 Å². The molecule has 0 saturated carbocycles. The molecule has 6 nitrogen and oxygen atoms in total. The van der Waals surface area contributed by atoms with Gasteiger partial charge in [-0.05, 0) is 59.9 Å². The van der Waals surface area contributed by atoms with Gasteiger partial charge in [-0.15, -0.1) is 0 Å². The first kappa shape index (κ1) is 21.5. The Bertz CT molecular complexity index is 1200. The van der Waals surface area contributed by atoms with Crippen LogP contribution in [0.25, 0.3) is 17.0 Å². The Morgan fingerprint density at radius 3 is 2.69 bits per heavy atom. The van der Waals surface area contributed by atoms with E-state index in [1.54, 1.807) is 7.11 Å². The normalized spacial score (nSPS) is 13.0. The van der Waals surface area contributed by atoms with Crippen LogP contribution in [0.3, 0.4) is 0 Å². The summed E-state index contributed by atoms with van der Waals surface area (Å²) in [5.74, 6) is -2.83. The van der Waals surface area contributed by atoms with Crippen molar-refractivity contribution in [2.75, 3.05) is 13.7 Å². The van der Waals surface area contributed by atoms with Gasteiger partial charge in [0.25, 0.3) is 5.91 Å². The number of methoxy groups -OCH3 is 1. The molecule has 1 heterocycles. The van der Waals surface area contributed by atoms with E-state index in [9.17, 15) is 22.4 Å². The number of rotatable bonds is 6. The molecule has 2 aromatic carbocycles. The summed E-state index contributed by atoms with van der Waals surface area (Å²) < 4.78 is 61.5. The van der Waals surface area contributed by atoms with Crippen molar-refractivity contribution in [3.8, 4) is 17.1 Å². The third kappa shape index (κ3) is 4.34. The summed E-state index contributed by atoms with van der Waals surface area (Å²) in [6.07, 6.45) is -1.36. The van der Waals surface area contributed by atoms with Gasteiger partial charge in [0.1, 0.15) is 11.6 Å². The highest BCUT2D eigenvalue weighted by molar-refractivity contribution is 5.94. The zero-order valence-electron chi connectivity index (χ0n) is 16.8. The Hall–Kier alpha value is -3.69. The van der Waals surface area contributed by atoms with Crippen LogP contribution < -0.4 is 10.1 Å². The number of nitrogens with zero attached hydrogens (tertiary/aromatic N) is 2. The summed E-state index contributed by atoms with van der Waals surface area (Å²) in [6, 6.07) is 9.19. The lowest BCUT2D eigenvalue weighted by Gasteiger charge is -2.10. The molecule has 0 fully saturated rings. The Balaban J connectivity index is 1.39. The molecule has 0 aliphatic heterocycles. The maximum absolute atomic E-state index is 14.4. The Morgan fingerprint density at radius 1 is 1.19 bits per heavy atom. The maximum atomic E-state index is 14.4. The van der Waals surface area contributed by atoms with Crippen molar-refractivity contribution in [2.24, 2.45) is 0 Å². The lowest BCUT2D eigenvalue weighted by Crippen LogP contribution is -2.24. The first-order chi connectivity index (χ1) is 15.3. The van der Waals surface area contributed by atoms with Gasteiger partial charge in [0.2, 0.25) is 5.82 Å². The van der Waals surface area contributed by atoms with Crippen LogP contribution in [0, 0.1) is 5.82 Å². The topological polar surface area (TPSA) is 77.2 Å². The molecule has 10 heteroatoms. The van der Waals surface area contributed by atoms with Crippen LogP contribution in [0.1, 0.15) is 33.8 Å². The van der Waals surface area contributed by atoms with E-state index in [0.717, 1.165) is 35.4 Å². The van der Waals surface area contributed by atoms with Gasteiger partial charge in [0.05, 0.1) is 12.7 Å². The Morgan fingerprint density at radius 2 is 2.00 bits per heavy atom. The summed E-state index contributed by atoms with van der Waals surface area (Å²) in [4.78, 5) is 15.5. The van der Waals surface area contributed by atoms with E-state index < -0.39 is 29.6 Å². The van der Waals surface area contributed by atoms with E-state index in [-0.39, 0.29) is 11.1 Å². The highest BCUT2D eigenvalue weighted by Crippen LogP contribution is 2.33. The predicted octanol–water partition coefficient (Wildman–Crippen LogP) is 4.66. The van der Waals surface area contributed by atoms with Gasteiger partial charge in [0.15, 0.2) is 0 Å². The molecular formula is C22H17F4N3O3. The number of carbonyl (C=O) groups is 1. The summed E-state index contributed by atoms with van der Waals surface area (Å²) >= 11 is 0. The lowest BCUT2D eigenvalue weighted by atomic mass is 10.0. The smallest absolute Gasteiger partial charge is 0.471 e. The quantitative estimate of drug-likeness (QED) is 0.556. The average Bonchev–Trinajstić information content (AvgIpc) is 3.41. The monoisotopic (exact) mass is 447 g/mol. The van der Waals surface area contributed by atoms with Gasteiger partial charge < -0.3 is 14.6 Å². The van der Waals surface area contributed by atoms with Crippen LogP contribution in [0.4, 0.5) is 17.6 Å². The molecule has 0 bridgehead atoms. The fourth-order valence-corrected chi connectivity index (χ4v) is 3.44. The summed E-state index contributed by atoms with van der Waals surface area (Å²) in [5.41, 5.74) is 3.06. The summed E-state index contributed by atoms with van der Waals surface area (Å²) in [6.45, 7) is 0.324. The number of aromatic nitrogens is 2. The number of carbonyl (C=O) groups excluding carboxylic acids is 1. The highest BCUT2D eigenvalue weighted by Gasteiger charge is 2.38. The summed E-state index contributed by atoms with van der Waals surface area (Å²) in [5, 5.41) is 5.87. The van der Waals surface area contributed by atoms with Crippen LogP contribution in [-0.2, 0) is 12.6 Å². The first-order valence-electron chi connectivity index (χ1n) is 9.61. The van der Waals surface area contributed by atoms with Gasteiger partial charge in [-0.25, -0.2) is 4.39 Å². The van der Waals surface area contributed by atoms with E-state index in [1.165, 1.54) is 11.6 Å². The van der Waals surface area contributed by atoms with Crippen LogP contribution in [0.5, 0.6) is 5.75 Å². The fraction of sp³-hybridized carbons (Fsp3) is 0.227. The molecule has 166 valence electrons. The van der Waals surface area contributed by atoms with Crippen LogP contribution in [0.15, 0.2) is 47.0 Å². The van der Waals surface area contributed by atoms with Gasteiger partial charge in [-0.2, -0.15) is 18.2 Å². The summed E-state index contributed by atoms with van der Waals surface area (Å²) in [7, 11) is 1.60. The number of allylic oxidation sites excluding steroid dienone is 1. The molecule has 0 radical (unpaired) electrons. The minimum absolute atomic E-state index is 0.0215. The van der Waals surface area contributed by atoms with E-state index in [1.807, 2.05) is 18.2 Å². The van der Waals surface area contributed by atoms with Gasteiger partial charge in [-0.3, -0.25) is 4.79 Å². The predicted molar refractivity (Wildman–Crippen MR) is 106 cm³/mol. The van der Waals surface area contributed by atoms with Crippen molar-refractivity contribution in [3.63, 3.8) is 0 Å². The number of alkyl halides is 3. The largest absolute Gasteiger partial charge is 0.497 e. The second-order valence-corrected chi connectivity index (χ2v) is 7.08. The molecule has 1 amide bonds. The van der Waals surface area contributed by atoms with Crippen molar-refractivity contribution < 1.29 is 31.6 Å². The Kier molecular flexibility index (Phi) is 5.68. The molecule has 0 unspecified atom stereocenters. The molecule has 4 rings (SSSR count). The number of hydrogen-bond acceptors (Lipinski definition) is 5. The van der Waals surface area contributed by atoms with Gasteiger partial charge in [0, 0.05) is 12.1 Å². The van der Waals surface area contributed by atoms with Gasteiger partial charge >= 0.3 is 12.1 Å². The number of amides is 1. The van der Waals surface area contributed by atoms with Gasteiger partial charge in [-0.1, -0.05) is 17.3 Å². The molecule has 1 aliphatic carbocycles. The number of ether oxygens (including phenoxy) is 1. The first-order valence-corrected chi connectivity index (χ1v) is 9.61. The number of halogens is 4. The Labute approximate surface area is 179 Å². The van der Waals surface area contributed by atoms with Crippen LogP contribution in [-0.4, -0.2) is 29.7 Å². The zero-order chi connectivity index (χ0) is 22.9. The van der Waals surface area contributed by atoms with Crippen LogP contribution >= 0.6 is 0 Å². The number of hydrogen-bond donors (Lipinski definition) is 1. The lowest BCUT2D eigenvalue weighted by molar-refractivity contribution is -0.159. The standard InChI is InChI=1S/C22H17F4N3O3/c1-31-15-6-4-12-2-3-13(17(12)11-15)8-9-27-20(30)14-5-7-16(18(23)10-14)19-28-21(32-29-19)22(24,25)26/h3-7,10-11H,2,8-9H2,1H3,(H,27,30). The van der Waals surface area contributed by atoms with Crippen LogP contribution in [0.2, 0.25) is 0 Å². The van der Waals surface area contributed by atoms with Crippen molar-refractivity contribution in [2.45, 2.75) is 19.0 Å². The molecule has 32 heavy (non-hydrogen) atoms. The van der Waals surface area contributed by atoms with Crippen molar-refractivity contribution in [1.82, 2.24) is 15.5 Å². The second kappa shape index (κ2) is 8.45. The second-order valence-electron chi connectivity index (χ2n) is 7.08. The molecule has 3 aromatic rings. The SMILES string of the molecule is COc1ccc2c(c1)C(CCNC(=O)c1ccc(-c3noc(C(F)(F)F)n3)c(F)c1)=CC2. The fourth-order valence-electron chi connectivity index (χ4n) is 3.44.